The van der Waals surface area contributed by atoms with Crippen LogP contribution in [-0.2, 0) is 24.1 Å². The smallest absolute Gasteiger partial charge is 0.279 e. The van der Waals surface area contributed by atoms with Crippen molar-refractivity contribution in [1.82, 2.24) is 10.9 Å². The summed E-state index contributed by atoms with van der Waals surface area (Å²) in [5.41, 5.74) is 7.56. The van der Waals surface area contributed by atoms with Gasteiger partial charge in [0, 0.05) is 16.0 Å². The first kappa shape index (κ1) is 23.0. The third-order valence-corrected chi connectivity index (χ3v) is 7.12. The van der Waals surface area contributed by atoms with Gasteiger partial charge in [-0.1, -0.05) is 20.8 Å². The van der Waals surface area contributed by atoms with E-state index in [0.29, 0.717) is 27.7 Å². The first-order valence-corrected chi connectivity index (χ1v) is 11.3. The fourth-order valence-corrected chi connectivity index (χ4v) is 5.02. The number of nitrogens with one attached hydrogen (secondary N) is 2. The van der Waals surface area contributed by atoms with E-state index in [1.54, 1.807) is 18.2 Å². The lowest BCUT2D eigenvalue weighted by molar-refractivity contribution is -0.121. The summed E-state index contributed by atoms with van der Waals surface area (Å²) in [5, 5.41) is 0. The van der Waals surface area contributed by atoms with Crippen LogP contribution in [0.2, 0.25) is 0 Å². The Morgan fingerprint density at radius 3 is 2.55 bits per heavy atom. The molecule has 2 N–H and O–H groups in total. The van der Waals surface area contributed by atoms with Crippen LogP contribution in [0.4, 0.5) is 0 Å². The highest BCUT2D eigenvalue weighted by Gasteiger charge is 2.30. The maximum absolute atomic E-state index is 12.6. The molecule has 2 amide bonds. The Morgan fingerprint density at radius 1 is 1.16 bits per heavy atom. The van der Waals surface area contributed by atoms with Gasteiger partial charge in [-0.05, 0) is 67.3 Å². The number of ketones is 1. The molecule has 0 spiro atoms. The van der Waals surface area contributed by atoms with Gasteiger partial charge >= 0.3 is 0 Å². The molecule has 7 heteroatoms. The minimum Gasteiger partial charge on any atom is -0.496 e. The minimum absolute atomic E-state index is 0.0151. The number of hydrogen-bond donors (Lipinski definition) is 2. The number of aryl methyl sites for hydroxylation is 1. The first-order chi connectivity index (χ1) is 14.6. The van der Waals surface area contributed by atoms with Crippen LogP contribution in [-0.4, -0.2) is 24.7 Å². The molecule has 1 heterocycles. The average Bonchev–Trinajstić information content (AvgIpc) is 3.14. The van der Waals surface area contributed by atoms with Gasteiger partial charge in [-0.15, -0.1) is 11.3 Å². The zero-order valence-electron chi connectivity index (χ0n) is 18.8. The molecule has 1 aliphatic carbocycles. The number of amides is 2. The Kier molecular flexibility index (Phi) is 6.84. The van der Waals surface area contributed by atoms with Crippen LogP contribution in [0.25, 0.3) is 0 Å². The van der Waals surface area contributed by atoms with Crippen LogP contribution in [0.3, 0.4) is 0 Å². The molecule has 1 aromatic carbocycles. The van der Waals surface area contributed by atoms with Crippen LogP contribution >= 0.6 is 11.3 Å². The molecule has 1 aromatic heterocycles. The van der Waals surface area contributed by atoms with Crippen molar-refractivity contribution in [3.63, 3.8) is 0 Å². The number of benzene rings is 1. The third kappa shape index (κ3) is 5.53. The number of carbonyl (C=O) groups is 3. The Balaban J connectivity index is 1.61. The van der Waals surface area contributed by atoms with E-state index >= 15 is 0 Å². The van der Waals surface area contributed by atoms with Crippen molar-refractivity contribution >= 4 is 28.9 Å². The normalized spacial score (nSPS) is 15.7. The van der Waals surface area contributed by atoms with Crippen molar-refractivity contribution < 1.29 is 19.1 Å². The van der Waals surface area contributed by atoms with Crippen LogP contribution in [0, 0.1) is 11.3 Å². The summed E-state index contributed by atoms with van der Waals surface area (Å²) in [7, 11) is 1.51. The maximum Gasteiger partial charge on any atom is 0.279 e. The molecule has 3 rings (SSSR count). The monoisotopic (exact) mass is 442 g/mol. The van der Waals surface area contributed by atoms with Crippen molar-refractivity contribution in [2.75, 3.05) is 7.11 Å². The van der Waals surface area contributed by atoms with E-state index in [9.17, 15) is 14.4 Å². The van der Waals surface area contributed by atoms with Gasteiger partial charge in [-0.3, -0.25) is 25.2 Å². The summed E-state index contributed by atoms with van der Waals surface area (Å²) >= 11 is 1.50. The molecule has 0 aliphatic heterocycles. The maximum atomic E-state index is 12.6. The van der Waals surface area contributed by atoms with Crippen molar-refractivity contribution in [3.05, 3.63) is 50.7 Å². The van der Waals surface area contributed by atoms with E-state index < -0.39 is 0 Å². The summed E-state index contributed by atoms with van der Waals surface area (Å²) in [6.07, 6.45) is 3.10. The Morgan fingerprint density at radius 2 is 1.90 bits per heavy atom. The SMILES string of the molecule is COc1ccc(C(C)=O)cc1CC(=O)NNC(=O)c1cc2c(s1)CCC(C(C)(C)C)C2. The largest absolute Gasteiger partial charge is 0.496 e. The summed E-state index contributed by atoms with van der Waals surface area (Å²) < 4.78 is 5.28. The summed E-state index contributed by atoms with van der Waals surface area (Å²) in [4.78, 5) is 38.5. The second-order valence-corrected chi connectivity index (χ2v) is 10.3. The van der Waals surface area contributed by atoms with Crippen molar-refractivity contribution in [3.8, 4) is 5.75 Å². The molecule has 2 aromatic rings. The molecule has 0 radical (unpaired) electrons. The lowest BCUT2D eigenvalue weighted by atomic mass is 9.72. The predicted octanol–water partition coefficient (Wildman–Crippen LogP) is 4.11. The second-order valence-electron chi connectivity index (χ2n) is 9.13. The molecule has 1 atom stereocenters. The topological polar surface area (TPSA) is 84.5 Å². The van der Waals surface area contributed by atoms with Gasteiger partial charge in [0.15, 0.2) is 5.78 Å². The molecule has 31 heavy (non-hydrogen) atoms. The summed E-state index contributed by atoms with van der Waals surface area (Å²) in [6, 6.07) is 6.92. The van der Waals surface area contributed by atoms with Gasteiger partial charge < -0.3 is 4.74 Å². The minimum atomic E-state index is -0.388. The molecule has 0 saturated heterocycles. The molecule has 0 saturated carbocycles. The molecule has 0 bridgehead atoms. The van der Waals surface area contributed by atoms with Gasteiger partial charge in [0.1, 0.15) is 5.75 Å². The number of hydrogen-bond acceptors (Lipinski definition) is 5. The zero-order valence-corrected chi connectivity index (χ0v) is 19.6. The van der Waals surface area contributed by atoms with Crippen LogP contribution in [0.5, 0.6) is 5.75 Å². The predicted molar refractivity (Wildman–Crippen MR) is 122 cm³/mol. The molecular formula is C24H30N2O4S. The summed E-state index contributed by atoms with van der Waals surface area (Å²) in [6.45, 7) is 8.26. The Hall–Kier alpha value is -2.67. The molecule has 0 fully saturated rings. The highest BCUT2D eigenvalue weighted by Crippen LogP contribution is 2.40. The number of thiophene rings is 1. The average molecular weight is 443 g/mol. The van der Waals surface area contributed by atoms with Crippen molar-refractivity contribution in [1.29, 1.82) is 0 Å². The van der Waals surface area contributed by atoms with E-state index in [2.05, 4.69) is 31.6 Å². The number of rotatable bonds is 5. The molecular weight excluding hydrogens is 412 g/mol. The molecule has 1 aliphatic rings. The Labute approximate surface area is 187 Å². The van der Waals surface area contributed by atoms with Crippen LogP contribution in [0.15, 0.2) is 24.3 Å². The van der Waals surface area contributed by atoms with Gasteiger partial charge in [-0.25, -0.2) is 0 Å². The summed E-state index contributed by atoms with van der Waals surface area (Å²) in [5.74, 6) is 0.329. The zero-order chi connectivity index (χ0) is 22.8. The number of methoxy groups -OCH3 is 1. The van der Waals surface area contributed by atoms with E-state index in [-0.39, 0.29) is 29.4 Å². The molecule has 1 unspecified atom stereocenters. The quantitative estimate of drug-likeness (QED) is 0.539. The Bertz CT molecular complexity index is 1000. The van der Waals surface area contributed by atoms with Gasteiger partial charge in [0.25, 0.3) is 5.91 Å². The second kappa shape index (κ2) is 9.22. The van der Waals surface area contributed by atoms with E-state index in [1.165, 1.54) is 35.8 Å². The fourth-order valence-electron chi connectivity index (χ4n) is 3.92. The number of fused-ring (bicyclic) bond motifs is 1. The van der Waals surface area contributed by atoms with Gasteiger partial charge in [0.05, 0.1) is 18.4 Å². The van der Waals surface area contributed by atoms with Crippen molar-refractivity contribution in [2.45, 2.75) is 53.4 Å². The molecule has 166 valence electrons. The van der Waals surface area contributed by atoms with Crippen molar-refractivity contribution in [2.24, 2.45) is 11.3 Å². The third-order valence-electron chi connectivity index (χ3n) is 5.88. The van der Waals surface area contributed by atoms with Crippen LogP contribution in [0.1, 0.15) is 70.1 Å². The first-order valence-electron chi connectivity index (χ1n) is 10.5. The van der Waals surface area contributed by atoms with E-state index in [0.717, 1.165) is 19.3 Å². The van der Waals surface area contributed by atoms with E-state index in [1.807, 2.05) is 6.07 Å². The van der Waals surface area contributed by atoms with E-state index in [4.69, 9.17) is 4.74 Å². The lowest BCUT2D eigenvalue weighted by Crippen LogP contribution is -2.42. The number of Topliss-reactive ketones (excluding diaryl/α,β-unsaturated/α-hetero) is 1. The van der Waals surface area contributed by atoms with Gasteiger partial charge in [0.2, 0.25) is 5.91 Å². The fraction of sp³-hybridized carbons (Fsp3) is 0.458. The number of carbonyl (C=O) groups excluding carboxylic acids is 3. The number of ether oxygens (including phenoxy) is 1. The van der Waals surface area contributed by atoms with Gasteiger partial charge in [-0.2, -0.15) is 0 Å². The highest BCUT2D eigenvalue weighted by molar-refractivity contribution is 7.14. The van der Waals surface area contributed by atoms with Crippen LogP contribution < -0.4 is 15.6 Å². The standard InChI is InChI=1S/C24H30N2O4S/c1-14(27)15-6-8-19(30-5)16(10-15)13-22(28)25-26-23(29)21-12-17-11-18(24(2,3)4)7-9-20(17)31-21/h6,8,10,12,18H,7,9,11,13H2,1-5H3,(H,25,28)(H,26,29). The lowest BCUT2D eigenvalue weighted by Gasteiger charge is -2.33. The molecule has 6 nitrogen and oxygen atoms in total. The number of hydrazine groups is 1. The highest BCUT2D eigenvalue weighted by atomic mass is 32.1.